The third kappa shape index (κ3) is 2.88. The number of alkyl halides is 1. The van der Waals surface area contributed by atoms with Gasteiger partial charge in [-0.05, 0) is 36.4 Å². The first-order chi connectivity index (χ1) is 9.52. The summed E-state index contributed by atoms with van der Waals surface area (Å²) in [5, 5.41) is 10.9. The van der Waals surface area contributed by atoms with E-state index in [9.17, 15) is 14.5 Å². The maximum Gasteiger partial charge on any atom is 0.273 e. The van der Waals surface area contributed by atoms with Gasteiger partial charge in [0, 0.05) is 30.1 Å². The zero-order chi connectivity index (χ0) is 14.7. The maximum atomic E-state index is 12.9. The second kappa shape index (κ2) is 5.88. The van der Waals surface area contributed by atoms with Crippen LogP contribution in [0.2, 0.25) is 0 Å². The Balaban J connectivity index is 2.37. The molecule has 0 saturated carbocycles. The molecular weight excluding hydrogens is 283 g/mol. The van der Waals surface area contributed by atoms with Gasteiger partial charge < -0.3 is 4.90 Å². The molecule has 4 nitrogen and oxygen atoms in total. The average molecular weight is 295 g/mol. The maximum absolute atomic E-state index is 12.9. The van der Waals surface area contributed by atoms with Crippen molar-refractivity contribution in [1.29, 1.82) is 0 Å². The summed E-state index contributed by atoms with van der Waals surface area (Å²) in [7, 11) is 1.80. The number of hydrogen-bond acceptors (Lipinski definition) is 3. The summed E-state index contributed by atoms with van der Waals surface area (Å²) in [4.78, 5) is 12.2. The van der Waals surface area contributed by atoms with E-state index in [0.717, 1.165) is 11.4 Å². The lowest BCUT2D eigenvalue weighted by atomic mass is 10.1. The molecular formula is C14H12ClFN2O2. The van der Waals surface area contributed by atoms with Crippen molar-refractivity contribution in [2.24, 2.45) is 0 Å². The average Bonchev–Trinajstić information content (AvgIpc) is 2.46. The zero-order valence-corrected chi connectivity index (χ0v) is 11.5. The first-order valence-electron chi connectivity index (χ1n) is 5.85. The lowest BCUT2D eigenvalue weighted by Crippen LogP contribution is -2.10. The summed E-state index contributed by atoms with van der Waals surface area (Å²) in [5.74, 6) is -0.256. The van der Waals surface area contributed by atoms with E-state index in [2.05, 4.69) is 0 Å². The zero-order valence-electron chi connectivity index (χ0n) is 10.7. The number of nitro benzene ring substituents is 1. The third-order valence-corrected chi connectivity index (χ3v) is 3.29. The Morgan fingerprint density at radius 1 is 1.20 bits per heavy atom. The fraction of sp³-hybridized carbons (Fsp3) is 0.143. The van der Waals surface area contributed by atoms with Crippen LogP contribution in [0.3, 0.4) is 0 Å². The predicted octanol–water partition coefficient (Wildman–Crippen LogP) is 4.24. The van der Waals surface area contributed by atoms with E-state index < -0.39 is 4.92 Å². The van der Waals surface area contributed by atoms with Gasteiger partial charge in [0.2, 0.25) is 0 Å². The molecule has 0 N–H and O–H groups in total. The molecule has 2 aromatic carbocycles. The molecule has 0 aliphatic heterocycles. The number of halogens is 2. The molecule has 0 spiro atoms. The third-order valence-electron chi connectivity index (χ3n) is 3.00. The van der Waals surface area contributed by atoms with E-state index in [1.807, 2.05) is 0 Å². The number of rotatable bonds is 4. The molecule has 0 bridgehead atoms. The van der Waals surface area contributed by atoms with Crippen molar-refractivity contribution in [2.75, 3.05) is 11.9 Å². The van der Waals surface area contributed by atoms with Gasteiger partial charge in [-0.2, -0.15) is 0 Å². The highest BCUT2D eigenvalue weighted by Crippen LogP contribution is 2.29. The van der Waals surface area contributed by atoms with Crippen molar-refractivity contribution in [3.63, 3.8) is 0 Å². The Morgan fingerprint density at radius 2 is 1.80 bits per heavy atom. The number of benzene rings is 2. The summed E-state index contributed by atoms with van der Waals surface area (Å²) in [6.07, 6.45) is 0. The van der Waals surface area contributed by atoms with Crippen LogP contribution in [0.15, 0.2) is 42.5 Å². The van der Waals surface area contributed by atoms with Crippen LogP contribution in [0.5, 0.6) is 0 Å². The minimum atomic E-state index is -0.459. The molecule has 0 radical (unpaired) electrons. The number of anilines is 2. The summed E-state index contributed by atoms with van der Waals surface area (Å²) in [5.41, 5.74) is 1.97. The van der Waals surface area contributed by atoms with E-state index in [-0.39, 0.29) is 17.4 Å². The molecule has 0 amide bonds. The molecule has 6 heteroatoms. The number of nitro groups is 1. The molecule has 2 rings (SSSR count). The van der Waals surface area contributed by atoms with Gasteiger partial charge in [-0.25, -0.2) is 4.39 Å². The molecule has 2 aromatic rings. The van der Waals surface area contributed by atoms with Crippen molar-refractivity contribution in [3.8, 4) is 0 Å². The molecule has 0 unspecified atom stereocenters. The van der Waals surface area contributed by atoms with Crippen LogP contribution in [0.1, 0.15) is 5.56 Å². The van der Waals surface area contributed by atoms with Gasteiger partial charge in [0.15, 0.2) is 0 Å². The summed E-state index contributed by atoms with van der Waals surface area (Å²) < 4.78 is 12.9. The van der Waals surface area contributed by atoms with Crippen molar-refractivity contribution in [3.05, 3.63) is 64.0 Å². The van der Waals surface area contributed by atoms with E-state index in [1.165, 1.54) is 18.2 Å². The molecule has 0 aliphatic carbocycles. The molecule has 0 aliphatic rings. The lowest BCUT2D eigenvalue weighted by molar-refractivity contribution is -0.385. The lowest BCUT2D eigenvalue weighted by Gasteiger charge is -2.20. The molecule has 0 aromatic heterocycles. The second-order valence-corrected chi connectivity index (χ2v) is 4.51. The number of nitrogens with zero attached hydrogens (tertiary/aromatic N) is 2. The Bertz CT molecular complexity index is 632. The number of hydrogen-bond donors (Lipinski definition) is 0. The van der Waals surface area contributed by atoms with Crippen molar-refractivity contribution < 1.29 is 9.31 Å². The first kappa shape index (κ1) is 14.3. The highest BCUT2D eigenvalue weighted by atomic mass is 35.5. The summed E-state index contributed by atoms with van der Waals surface area (Å²) in [6, 6.07) is 10.7. The molecule has 0 saturated heterocycles. The van der Waals surface area contributed by atoms with Gasteiger partial charge in [0.1, 0.15) is 5.82 Å². The topological polar surface area (TPSA) is 46.4 Å². The highest BCUT2D eigenvalue weighted by molar-refractivity contribution is 6.17. The first-order valence-corrected chi connectivity index (χ1v) is 6.39. The van der Waals surface area contributed by atoms with Crippen LogP contribution in [0, 0.1) is 15.9 Å². The van der Waals surface area contributed by atoms with Crippen molar-refractivity contribution >= 4 is 28.7 Å². The van der Waals surface area contributed by atoms with Crippen LogP contribution in [-0.2, 0) is 5.88 Å². The molecule has 104 valence electrons. The van der Waals surface area contributed by atoms with E-state index >= 15 is 0 Å². The van der Waals surface area contributed by atoms with Gasteiger partial charge in [-0.15, -0.1) is 11.6 Å². The van der Waals surface area contributed by atoms with Crippen molar-refractivity contribution in [1.82, 2.24) is 0 Å². The quantitative estimate of drug-likeness (QED) is 0.481. The fourth-order valence-electron chi connectivity index (χ4n) is 1.88. The Labute approximate surface area is 120 Å². The van der Waals surface area contributed by atoms with Gasteiger partial charge in [0.25, 0.3) is 5.69 Å². The van der Waals surface area contributed by atoms with Gasteiger partial charge in [-0.3, -0.25) is 10.1 Å². The van der Waals surface area contributed by atoms with E-state index in [0.29, 0.717) is 5.56 Å². The van der Waals surface area contributed by atoms with Gasteiger partial charge in [-0.1, -0.05) is 0 Å². The van der Waals surface area contributed by atoms with E-state index in [1.54, 1.807) is 36.2 Å². The van der Waals surface area contributed by atoms with Crippen LogP contribution in [0.25, 0.3) is 0 Å². The SMILES string of the molecule is CN(c1ccc(F)cc1)c1ccc([N+](=O)[O-])c(CCl)c1. The fourth-order valence-corrected chi connectivity index (χ4v) is 2.09. The minimum absolute atomic E-state index is 0.00347. The van der Waals surface area contributed by atoms with Crippen LogP contribution in [-0.4, -0.2) is 12.0 Å². The standard InChI is InChI=1S/C14H12ClFN2O2/c1-17(12-4-2-11(16)3-5-12)13-6-7-14(18(19)20)10(8-13)9-15/h2-8H,9H2,1H3. The van der Waals surface area contributed by atoms with E-state index in [4.69, 9.17) is 11.6 Å². The van der Waals surface area contributed by atoms with Crippen LogP contribution in [0.4, 0.5) is 21.5 Å². The second-order valence-electron chi connectivity index (χ2n) is 4.24. The summed E-state index contributed by atoms with van der Waals surface area (Å²) >= 11 is 5.75. The normalized spacial score (nSPS) is 10.3. The minimum Gasteiger partial charge on any atom is -0.345 e. The van der Waals surface area contributed by atoms with Crippen molar-refractivity contribution in [2.45, 2.75) is 5.88 Å². The smallest absolute Gasteiger partial charge is 0.273 e. The predicted molar refractivity (Wildman–Crippen MR) is 77.1 cm³/mol. The largest absolute Gasteiger partial charge is 0.345 e. The molecule has 0 atom stereocenters. The van der Waals surface area contributed by atoms with Gasteiger partial charge >= 0.3 is 0 Å². The van der Waals surface area contributed by atoms with Gasteiger partial charge in [0.05, 0.1) is 10.8 Å². The Morgan fingerprint density at radius 3 is 2.35 bits per heavy atom. The summed E-state index contributed by atoms with van der Waals surface area (Å²) in [6.45, 7) is 0. The molecule has 20 heavy (non-hydrogen) atoms. The highest BCUT2D eigenvalue weighted by Gasteiger charge is 2.15. The molecule has 0 heterocycles. The monoisotopic (exact) mass is 294 g/mol. The Hall–Kier alpha value is -2.14. The Kier molecular flexibility index (Phi) is 4.20. The van der Waals surface area contributed by atoms with Crippen LogP contribution < -0.4 is 4.90 Å². The van der Waals surface area contributed by atoms with Crippen LogP contribution >= 0.6 is 11.6 Å². The molecule has 0 fully saturated rings.